The van der Waals surface area contributed by atoms with Crippen molar-refractivity contribution in [3.8, 4) is 0 Å². The number of hydrogen-bond acceptors (Lipinski definition) is 4. The van der Waals surface area contributed by atoms with Crippen LogP contribution in [-0.2, 0) is 20.9 Å². The van der Waals surface area contributed by atoms with Gasteiger partial charge in [-0.3, -0.25) is 0 Å². The van der Waals surface area contributed by atoms with Crippen molar-refractivity contribution in [1.82, 2.24) is 5.32 Å². The number of esters is 1. The summed E-state index contributed by atoms with van der Waals surface area (Å²) in [5.41, 5.74) is 1.95. The average Bonchev–Trinajstić information content (AvgIpc) is 3.05. The molecule has 5 heteroatoms. The molecule has 0 aliphatic heterocycles. The Hall–Kier alpha value is -2.56. The third-order valence-corrected chi connectivity index (χ3v) is 3.30. The molecule has 1 aromatic carbocycles. The van der Waals surface area contributed by atoms with Crippen LogP contribution in [0, 0.1) is 0 Å². The Morgan fingerprint density at radius 2 is 2.05 bits per heavy atom. The SMILES string of the molecule is COC(=O)[C@H](CC1=CC=CC1)NC(=O)OCc1ccccc1. The van der Waals surface area contributed by atoms with E-state index in [1.807, 2.05) is 48.6 Å². The highest BCUT2D eigenvalue weighted by atomic mass is 16.6. The van der Waals surface area contributed by atoms with Gasteiger partial charge in [0, 0.05) is 6.42 Å². The third-order valence-electron chi connectivity index (χ3n) is 3.30. The molecular formula is C17H19NO4. The lowest BCUT2D eigenvalue weighted by Gasteiger charge is -2.17. The molecule has 1 aliphatic rings. The van der Waals surface area contributed by atoms with Crippen LogP contribution in [-0.4, -0.2) is 25.2 Å². The molecule has 1 amide bonds. The first kappa shape index (κ1) is 15.8. The number of carbonyl (C=O) groups excluding carboxylic acids is 2. The fraction of sp³-hybridized carbons (Fsp3) is 0.294. The monoisotopic (exact) mass is 301 g/mol. The van der Waals surface area contributed by atoms with Crippen LogP contribution in [0.15, 0.2) is 54.1 Å². The predicted octanol–water partition coefficient (Wildman–Crippen LogP) is 2.73. The molecule has 0 spiro atoms. The Morgan fingerprint density at radius 3 is 2.68 bits per heavy atom. The van der Waals surface area contributed by atoms with Gasteiger partial charge in [0.1, 0.15) is 12.6 Å². The second-order valence-corrected chi connectivity index (χ2v) is 4.94. The van der Waals surface area contributed by atoms with E-state index in [1.165, 1.54) is 7.11 Å². The Morgan fingerprint density at radius 1 is 1.27 bits per heavy atom. The van der Waals surface area contributed by atoms with Crippen LogP contribution in [0.5, 0.6) is 0 Å². The van der Waals surface area contributed by atoms with Crippen LogP contribution in [0.2, 0.25) is 0 Å². The van der Waals surface area contributed by atoms with Crippen LogP contribution < -0.4 is 5.32 Å². The lowest BCUT2D eigenvalue weighted by molar-refractivity contribution is -0.143. The summed E-state index contributed by atoms with van der Waals surface area (Å²) < 4.78 is 9.85. The van der Waals surface area contributed by atoms with Crippen molar-refractivity contribution in [3.05, 3.63) is 59.7 Å². The fourth-order valence-electron chi connectivity index (χ4n) is 2.15. The van der Waals surface area contributed by atoms with Crippen molar-refractivity contribution in [2.45, 2.75) is 25.5 Å². The van der Waals surface area contributed by atoms with E-state index in [2.05, 4.69) is 5.32 Å². The van der Waals surface area contributed by atoms with Crippen LogP contribution in [0.4, 0.5) is 4.79 Å². The van der Waals surface area contributed by atoms with E-state index < -0.39 is 18.1 Å². The number of nitrogens with one attached hydrogen (secondary N) is 1. The third kappa shape index (κ3) is 4.77. The van der Waals surface area contributed by atoms with Gasteiger partial charge >= 0.3 is 12.1 Å². The van der Waals surface area contributed by atoms with Gasteiger partial charge < -0.3 is 14.8 Å². The van der Waals surface area contributed by atoms with Gasteiger partial charge in [-0.25, -0.2) is 9.59 Å². The summed E-state index contributed by atoms with van der Waals surface area (Å²) in [5.74, 6) is -0.482. The van der Waals surface area contributed by atoms with E-state index in [0.717, 1.165) is 17.6 Å². The second-order valence-electron chi connectivity index (χ2n) is 4.94. The fourth-order valence-corrected chi connectivity index (χ4v) is 2.15. The summed E-state index contributed by atoms with van der Waals surface area (Å²) in [6.07, 6.45) is 6.43. The molecule has 22 heavy (non-hydrogen) atoms. The largest absolute Gasteiger partial charge is 0.467 e. The van der Waals surface area contributed by atoms with E-state index >= 15 is 0 Å². The number of carbonyl (C=O) groups is 2. The number of rotatable bonds is 6. The van der Waals surface area contributed by atoms with Crippen molar-refractivity contribution in [3.63, 3.8) is 0 Å². The number of ether oxygens (including phenoxy) is 2. The lowest BCUT2D eigenvalue weighted by atomic mass is 10.1. The molecule has 0 bridgehead atoms. The molecule has 5 nitrogen and oxygen atoms in total. The van der Waals surface area contributed by atoms with Gasteiger partial charge in [-0.2, -0.15) is 0 Å². The number of benzene rings is 1. The van der Waals surface area contributed by atoms with Gasteiger partial charge in [-0.1, -0.05) is 54.1 Å². The molecule has 0 saturated carbocycles. The maximum atomic E-state index is 11.8. The highest BCUT2D eigenvalue weighted by molar-refractivity contribution is 5.81. The minimum atomic E-state index is -0.737. The molecule has 0 saturated heterocycles. The maximum absolute atomic E-state index is 11.8. The summed E-state index contributed by atoms with van der Waals surface area (Å²) in [4.78, 5) is 23.6. The first-order chi connectivity index (χ1) is 10.7. The summed E-state index contributed by atoms with van der Waals surface area (Å²) in [6, 6.07) is 8.61. The number of allylic oxidation sites excluding steroid dienone is 3. The molecule has 1 atom stereocenters. The van der Waals surface area contributed by atoms with Crippen molar-refractivity contribution in [2.75, 3.05) is 7.11 Å². The van der Waals surface area contributed by atoms with Gasteiger partial charge in [0.05, 0.1) is 7.11 Å². The van der Waals surface area contributed by atoms with Gasteiger partial charge in [0.2, 0.25) is 0 Å². The molecule has 0 fully saturated rings. The van der Waals surface area contributed by atoms with Gasteiger partial charge in [-0.15, -0.1) is 0 Å². The minimum Gasteiger partial charge on any atom is -0.467 e. The molecule has 0 unspecified atom stereocenters. The number of alkyl carbamates (subject to hydrolysis) is 1. The quantitative estimate of drug-likeness (QED) is 0.821. The zero-order chi connectivity index (χ0) is 15.8. The summed E-state index contributed by atoms with van der Waals surface area (Å²) in [7, 11) is 1.30. The average molecular weight is 301 g/mol. The Balaban J connectivity index is 1.86. The molecule has 1 aliphatic carbocycles. The van der Waals surface area contributed by atoms with Crippen molar-refractivity contribution in [2.24, 2.45) is 0 Å². The van der Waals surface area contributed by atoms with Crippen LogP contribution in [0.3, 0.4) is 0 Å². The highest BCUT2D eigenvalue weighted by Gasteiger charge is 2.23. The molecule has 0 heterocycles. The van der Waals surface area contributed by atoms with E-state index in [1.54, 1.807) is 0 Å². The second kappa shape index (κ2) is 8.02. The molecule has 0 aromatic heterocycles. The summed E-state index contributed by atoms with van der Waals surface area (Å²) in [6.45, 7) is 0.158. The maximum Gasteiger partial charge on any atom is 0.408 e. The Labute approximate surface area is 129 Å². The zero-order valence-electron chi connectivity index (χ0n) is 12.5. The van der Waals surface area contributed by atoms with Crippen LogP contribution in [0.1, 0.15) is 18.4 Å². The topological polar surface area (TPSA) is 64.6 Å². The number of amides is 1. The summed E-state index contributed by atoms with van der Waals surface area (Å²) in [5, 5.41) is 2.56. The predicted molar refractivity (Wildman–Crippen MR) is 82.0 cm³/mol. The Kier molecular flexibility index (Phi) is 5.77. The van der Waals surface area contributed by atoms with Gasteiger partial charge in [-0.05, 0) is 12.0 Å². The first-order valence-corrected chi connectivity index (χ1v) is 7.08. The van der Waals surface area contributed by atoms with Crippen LogP contribution in [0.25, 0.3) is 0 Å². The Bertz CT molecular complexity index is 578. The van der Waals surface area contributed by atoms with Gasteiger partial charge in [0.15, 0.2) is 0 Å². The van der Waals surface area contributed by atoms with Gasteiger partial charge in [0.25, 0.3) is 0 Å². The molecule has 1 aromatic rings. The molecular weight excluding hydrogens is 282 g/mol. The minimum absolute atomic E-state index is 0.158. The molecule has 0 radical (unpaired) electrons. The van der Waals surface area contributed by atoms with E-state index in [9.17, 15) is 9.59 Å². The lowest BCUT2D eigenvalue weighted by Crippen LogP contribution is -2.42. The number of methoxy groups -OCH3 is 1. The molecule has 116 valence electrons. The van der Waals surface area contributed by atoms with Crippen molar-refractivity contribution < 1.29 is 19.1 Å². The standard InChI is InChI=1S/C17H19NO4/c1-21-16(19)15(11-13-7-5-6-8-13)18-17(20)22-12-14-9-3-2-4-10-14/h2-7,9-10,15H,8,11-12H2,1H3,(H,18,20)/t15-/m0/s1. The zero-order valence-corrected chi connectivity index (χ0v) is 12.5. The van der Waals surface area contributed by atoms with E-state index in [4.69, 9.17) is 9.47 Å². The number of hydrogen-bond donors (Lipinski definition) is 1. The highest BCUT2D eigenvalue weighted by Crippen LogP contribution is 2.17. The van der Waals surface area contributed by atoms with E-state index in [-0.39, 0.29) is 6.61 Å². The summed E-state index contributed by atoms with van der Waals surface area (Å²) >= 11 is 0. The molecule has 1 N–H and O–H groups in total. The van der Waals surface area contributed by atoms with Crippen LogP contribution >= 0.6 is 0 Å². The molecule has 2 rings (SSSR count). The smallest absolute Gasteiger partial charge is 0.408 e. The van der Waals surface area contributed by atoms with E-state index in [0.29, 0.717) is 6.42 Å². The first-order valence-electron chi connectivity index (χ1n) is 7.08. The van der Waals surface area contributed by atoms with Crippen molar-refractivity contribution in [1.29, 1.82) is 0 Å². The van der Waals surface area contributed by atoms with Crippen molar-refractivity contribution >= 4 is 12.1 Å². The normalized spacial score (nSPS) is 14.1.